The maximum Gasteiger partial charge on any atom is 0.317 e. The number of aromatic nitrogens is 1. The second-order valence-corrected chi connectivity index (χ2v) is 7.70. The number of oxazole rings is 1. The van der Waals surface area contributed by atoms with E-state index in [1.807, 2.05) is 17.0 Å². The van der Waals surface area contributed by atoms with E-state index in [4.69, 9.17) is 16.0 Å². The lowest BCUT2D eigenvalue weighted by Crippen LogP contribution is -2.53. The van der Waals surface area contributed by atoms with Crippen LogP contribution in [0.5, 0.6) is 0 Å². The fourth-order valence-corrected chi connectivity index (χ4v) is 3.99. The lowest BCUT2D eigenvalue weighted by molar-refractivity contribution is 0.126. The molecule has 0 radical (unpaired) electrons. The first-order valence-corrected chi connectivity index (χ1v) is 9.88. The zero-order chi connectivity index (χ0) is 17.9. The molecule has 26 heavy (non-hydrogen) atoms. The number of amides is 2. The molecule has 2 aromatic rings. The Morgan fingerprint density at radius 3 is 2.73 bits per heavy atom. The second kappa shape index (κ2) is 7.84. The van der Waals surface area contributed by atoms with Crippen LogP contribution >= 0.6 is 11.6 Å². The van der Waals surface area contributed by atoms with E-state index in [2.05, 4.69) is 15.2 Å². The molecule has 1 aromatic carbocycles. The van der Waals surface area contributed by atoms with Crippen molar-refractivity contribution in [3.63, 3.8) is 0 Å². The van der Waals surface area contributed by atoms with Gasteiger partial charge < -0.3 is 14.6 Å². The summed E-state index contributed by atoms with van der Waals surface area (Å²) in [6.45, 7) is 3.80. The largest absolute Gasteiger partial charge is 0.439 e. The van der Waals surface area contributed by atoms with Crippen molar-refractivity contribution in [2.24, 2.45) is 0 Å². The maximum atomic E-state index is 12.4. The number of urea groups is 1. The predicted octanol–water partition coefficient (Wildman–Crippen LogP) is 3.64. The van der Waals surface area contributed by atoms with Crippen LogP contribution in [0.25, 0.3) is 11.1 Å². The van der Waals surface area contributed by atoms with E-state index in [9.17, 15) is 4.79 Å². The van der Waals surface area contributed by atoms with Crippen molar-refractivity contribution in [3.05, 3.63) is 29.1 Å². The van der Waals surface area contributed by atoms with Crippen molar-refractivity contribution in [1.82, 2.24) is 20.1 Å². The zero-order valence-electron chi connectivity index (χ0n) is 14.9. The minimum Gasteiger partial charge on any atom is -0.439 e. The van der Waals surface area contributed by atoms with E-state index in [1.54, 1.807) is 6.07 Å². The summed E-state index contributed by atoms with van der Waals surface area (Å²) in [5.74, 6) is 0.697. The third kappa shape index (κ3) is 4.13. The number of halogens is 1. The van der Waals surface area contributed by atoms with Gasteiger partial charge in [0.05, 0.1) is 6.54 Å². The normalized spacial score (nSPS) is 19.8. The van der Waals surface area contributed by atoms with Gasteiger partial charge in [0.15, 0.2) is 5.58 Å². The molecule has 0 atom stereocenters. The summed E-state index contributed by atoms with van der Waals surface area (Å²) in [4.78, 5) is 21.2. The Labute approximate surface area is 158 Å². The standard InChI is InChI=1S/C19H25ClN4O2/c20-14-6-7-16-17(12-14)26-18(22-16)13-23-8-10-24(11-9-23)19(25)21-15-4-2-1-3-5-15/h6-7,12,15H,1-5,8-11,13H2,(H,21,25). The molecular weight excluding hydrogens is 352 g/mol. The van der Waals surface area contributed by atoms with E-state index < -0.39 is 0 Å². The number of carbonyl (C=O) groups is 1. The Hall–Kier alpha value is -1.79. The number of nitrogens with one attached hydrogen (secondary N) is 1. The van der Waals surface area contributed by atoms with Gasteiger partial charge in [0, 0.05) is 43.3 Å². The van der Waals surface area contributed by atoms with Gasteiger partial charge in [-0.15, -0.1) is 0 Å². The smallest absolute Gasteiger partial charge is 0.317 e. The topological polar surface area (TPSA) is 61.6 Å². The molecule has 6 nitrogen and oxygen atoms in total. The number of nitrogens with zero attached hydrogens (tertiary/aromatic N) is 3. The van der Waals surface area contributed by atoms with E-state index in [0.29, 0.717) is 23.5 Å². The van der Waals surface area contributed by atoms with Crippen molar-refractivity contribution >= 4 is 28.7 Å². The van der Waals surface area contributed by atoms with Crippen LogP contribution in [0.15, 0.2) is 22.6 Å². The highest BCUT2D eigenvalue weighted by Gasteiger charge is 2.24. The van der Waals surface area contributed by atoms with Gasteiger partial charge >= 0.3 is 6.03 Å². The Balaban J connectivity index is 1.28. The van der Waals surface area contributed by atoms with Gasteiger partial charge in [-0.05, 0) is 25.0 Å². The first-order valence-electron chi connectivity index (χ1n) is 9.50. The Kier molecular flexibility index (Phi) is 5.31. The number of fused-ring (bicyclic) bond motifs is 1. The van der Waals surface area contributed by atoms with Crippen molar-refractivity contribution in [2.75, 3.05) is 26.2 Å². The third-order valence-electron chi connectivity index (χ3n) is 5.35. The summed E-state index contributed by atoms with van der Waals surface area (Å²) < 4.78 is 5.80. The molecular formula is C19H25ClN4O2. The second-order valence-electron chi connectivity index (χ2n) is 7.27. The summed E-state index contributed by atoms with van der Waals surface area (Å²) in [7, 11) is 0. The average molecular weight is 377 g/mol. The Morgan fingerprint density at radius 2 is 1.96 bits per heavy atom. The van der Waals surface area contributed by atoms with Gasteiger partial charge in [0.2, 0.25) is 5.89 Å². The summed E-state index contributed by atoms with van der Waals surface area (Å²) in [6.07, 6.45) is 6.00. The molecule has 1 aliphatic heterocycles. The third-order valence-corrected chi connectivity index (χ3v) is 5.58. The highest BCUT2D eigenvalue weighted by atomic mass is 35.5. The van der Waals surface area contributed by atoms with E-state index in [1.165, 1.54) is 19.3 Å². The molecule has 0 bridgehead atoms. The molecule has 1 N–H and O–H groups in total. The SMILES string of the molecule is O=C(NC1CCCCC1)N1CCN(Cc2nc3ccc(Cl)cc3o2)CC1. The molecule has 0 spiro atoms. The molecule has 2 amide bonds. The highest BCUT2D eigenvalue weighted by Crippen LogP contribution is 2.21. The highest BCUT2D eigenvalue weighted by molar-refractivity contribution is 6.31. The molecule has 1 saturated carbocycles. The lowest BCUT2D eigenvalue weighted by atomic mass is 9.96. The summed E-state index contributed by atoms with van der Waals surface area (Å²) >= 11 is 5.99. The molecule has 7 heteroatoms. The van der Waals surface area contributed by atoms with E-state index in [0.717, 1.165) is 50.1 Å². The van der Waals surface area contributed by atoms with Gasteiger partial charge in [-0.2, -0.15) is 0 Å². The van der Waals surface area contributed by atoms with Crippen molar-refractivity contribution < 1.29 is 9.21 Å². The molecule has 1 saturated heterocycles. The number of carbonyl (C=O) groups excluding carboxylic acids is 1. The fourth-order valence-electron chi connectivity index (χ4n) is 3.83. The molecule has 2 aliphatic rings. The van der Waals surface area contributed by atoms with Crippen LogP contribution in [0.4, 0.5) is 4.79 Å². The van der Waals surface area contributed by atoms with E-state index in [-0.39, 0.29) is 6.03 Å². The maximum absolute atomic E-state index is 12.4. The van der Waals surface area contributed by atoms with Crippen molar-refractivity contribution in [3.8, 4) is 0 Å². The van der Waals surface area contributed by atoms with Crippen molar-refractivity contribution in [1.29, 1.82) is 0 Å². The van der Waals surface area contributed by atoms with Gasteiger partial charge in [-0.3, -0.25) is 4.90 Å². The van der Waals surface area contributed by atoms with Crippen LogP contribution in [-0.2, 0) is 6.54 Å². The predicted molar refractivity (Wildman–Crippen MR) is 101 cm³/mol. The van der Waals surface area contributed by atoms with Crippen LogP contribution in [-0.4, -0.2) is 53.0 Å². The first kappa shape index (κ1) is 17.6. The number of hydrogen-bond donors (Lipinski definition) is 1. The van der Waals surface area contributed by atoms with Gasteiger partial charge in [-0.1, -0.05) is 30.9 Å². The number of benzene rings is 1. The fraction of sp³-hybridized carbons (Fsp3) is 0.579. The molecule has 2 heterocycles. The number of hydrogen-bond acceptors (Lipinski definition) is 4. The molecule has 140 valence electrons. The van der Waals surface area contributed by atoms with Crippen LogP contribution < -0.4 is 5.32 Å². The monoisotopic (exact) mass is 376 g/mol. The van der Waals surface area contributed by atoms with Crippen LogP contribution in [0.3, 0.4) is 0 Å². The molecule has 4 rings (SSSR count). The average Bonchev–Trinajstić information content (AvgIpc) is 3.04. The summed E-state index contributed by atoms with van der Waals surface area (Å²) in [5, 5.41) is 3.85. The Morgan fingerprint density at radius 1 is 1.19 bits per heavy atom. The van der Waals surface area contributed by atoms with Crippen molar-refractivity contribution in [2.45, 2.75) is 44.7 Å². The Bertz CT molecular complexity index is 764. The van der Waals surface area contributed by atoms with Gasteiger partial charge in [0.1, 0.15) is 5.52 Å². The molecule has 0 unspecified atom stereocenters. The lowest BCUT2D eigenvalue weighted by Gasteiger charge is -2.35. The first-order chi connectivity index (χ1) is 12.7. The number of rotatable bonds is 3. The van der Waals surface area contributed by atoms with Gasteiger partial charge in [0.25, 0.3) is 0 Å². The number of piperazine rings is 1. The van der Waals surface area contributed by atoms with Crippen LogP contribution in [0, 0.1) is 0 Å². The zero-order valence-corrected chi connectivity index (χ0v) is 15.7. The van der Waals surface area contributed by atoms with Crippen LogP contribution in [0.1, 0.15) is 38.0 Å². The summed E-state index contributed by atoms with van der Waals surface area (Å²) in [6, 6.07) is 5.94. The minimum absolute atomic E-state index is 0.0908. The van der Waals surface area contributed by atoms with Crippen LogP contribution in [0.2, 0.25) is 5.02 Å². The van der Waals surface area contributed by atoms with Gasteiger partial charge in [-0.25, -0.2) is 9.78 Å². The molecule has 1 aromatic heterocycles. The summed E-state index contributed by atoms with van der Waals surface area (Å²) in [5.41, 5.74) is 1.55. The quantitative estimate of drug-likeness (QED) is 0.888. The molecule has 2 fully saturated rings. The minimum atomic E-state index is 0.0908. The molecule has 1 aliphatic carbocycles. The van der Waals surface area contributed by atoms with E-state index >= 15 is 0 Å².